The number of fused-ring (bicyclic) bond motifs is 1. The Hall–Kier alpha value is -2.56. The second-order valence-electron chi connectivity index (χ2n) is 5.16. The highest BCUT2D eigenvalue weighted by Gasteiger charge is 2.26. The summed E-state index contributed by atoms with van der Waals surface area (Å²) in [6.45, 7) is 2.81. The van der Waals surface area contributed by atoms with Gasteiger partial charge in [0.25, 0.3) is 5.91 Å². The molecule has 1 aliphatic rings. The molecule has 5 nitrogen and oxygen atoms in total. The summed E-state index contributed by atoms with van der Waals surface area (Å²) in [4.78, 5) is 24.2. The van der Waals surface area contributed by atoms with Crippen molar-refractivity contribution in [3.63, 3.8) is 0 Å². The molecule has 0 saturated heterocycles. The van der Waals surface area contributed by atoms with E-state index < -0.39 is 0 Å². The Morgan fingerprint density at radius 1 is 1.24 bits per heavy atom. The summed E-state index contributed by atoms with van der Waals surface area (Å²) in [7, 11) is 0. The molecule has 1 amide bonds. The second-order valence-corrected chi connectivity index (χ2v) is 5.16. The molecule has 108 valence electrons. The highest BCUT2D eigenvalue weighted by molar-refractivity contribution is 5.96. The molecule has 0 radical (unpaired) electrons. The van der Waals surface area contributed by atoms with Crippen LogP contribution in [0.5, 0.6) is 5.75 Å². The highest BCUT2D eigenvalue weighted by Crippen LogP contribution is 2.18. The van der Waals surface area contributed by atoms with Crippen molar-refractivity contribution >= 4 is 5.91 Å². The third kappa shape index (κ3) is 2.67. The quantitative estimate of drug-likeness (QED) is 0.930. The normalized spacial score (nSPS) is 17.0. The lowest BCUT2D eigenvalue weighted by Crippen LogP contribution is -2.43. The first-order valence-corrected chi connectivity index (χ1v) is 6.86. The highest BCUT2D eigenvalue weighted by atomic mass is 16.5. The van der Waals surface area contributed by atoms with Crippen molar-refractivity contribution in [2.24, 2.45) is 0 Å². The number of hydrogen-bond acceptors (Lipinski definition) is 3. The van der Waals surface area contributed by atoms with E-state index in [0.29, 0.717) is 12.2 Å². The third-order valence-electron chi connectivity index (χ3n) is 3.42. The summed E-state index contributed by atoms with van der Waals surface area (Å²) in [5.74, 6) is -0.153. The van der Waals surface area contributed by atoms with E-state index >= 15 is 0 Å². The van der Waals surface area contributed by atoms with Gasteiger partial charge in [-0.2, -0.15) is 0 Å². The van der Waals surface area contributed by atoms with Crippen LogP contribution in [0, 0.1) is 0 Å². The molecule has 1 aromatic carbocycles. The van der Waals surface area contributed by atoms with Crippen LogP contribution in [0.25, 0.3) is 0 Å². The molecule has 0 spiro atoms. The summed E-state index contributed by atoms with van der Waals surface area (Å²) < 4.78 is 7.40. The molecular formula is C16H16N2O3. The number of amides is 1. The molecule has 21 heavy (non-hydrogen) atoms. The maximum absolute atomic E-state index is 12.1. The van der Waals surface area contributed by atoms with Gasteiger partial charge < -0.3 is 14.6 Å². The Kier molecular flexibility index (Phi) is 3.48. The fourth-order valence-electron chi connectivity index (χ4n) is 2.44. The predicted molar refractivity (Wildman–Crippen MR) is 78.4 cm³/mol. The first kappa shape index (κ1) is 13.4. The molecule has 0 unspecified atom stereocenters. The van der Waals surface area contributed by atoms with Crippen molar-refractivity contribution in [1.82, 2.24) is 9.88 Å². The summed E-state index contributed by atoms with van der Waals surface area (Å²) in [6.07, 6.45) is 1.64. The van der Waals surface area contributed by atoms with Crippen LogP contribution in [0.4, 0.5) is 0 Å². The van der Waals surface area contributed by atoms with E-state index in [-0.39, 0.29) is 29.7 Å². The number of carbonyl (C=O) groups excluding carboxylic acids is 1. The van der Waals surface area contributed by atoms with E-state index in [4.69, 9.17) is 4.74 Å². The molecule has 1 N–H and O–H groups in total. The molecule has 0 aliphatic carbocycles. The van der Waals surface area contributed by atoms with Crippen LogP contribution in [0.3, 0.4) is 0 Å². The topological polar surface area (TPSA) is 60.3 Å². The monoisotopic (exact) mass is 284 g/mol. The lowest BCUT2D eigenvalue weighted by Gasteiger charge is -2.26. The van der Waals surface area contributed by atoms with Gasteiger partial charge in [-0.25, -0.2) is 0 Å². The lowest BCUT2D eigenvalue weighted by molar-refractivity contribution is 0.0897. The van der Waals surface area contributed by atoms with Crippen LogP contribution < -0.4 is 15.5 Å². The van der Waals surface area contributed by atoms with E-state index in [2.05, 4.69) is 5.32 Å². The van der Waals surface area contributed by atoms with Gasteiger partial charge in [-0.15, -0.1) is 0 Å². The van der Waals surface area contributed by atoms with Gasteiger partial charge in [-0.1, -0.05) is 30.3 Å². The van der Waals surface area contributed by atoms with Crippen LogP contribution in [-0.2, 0) is 13.2 Å². The molecular weight excluding hydrogens is 268 g/mol. The largest absolute Gasteiger partial charge is 0.483 e. The molecule has 1 atom stereocenters. The van der Waals surface area contributed by atoms with Crippen molar-refractivity contribution in [2.45, 2.75) is 26.1 Å². The van der Waals surface area contributed by atoms with Gasteiger partial charge >= 0.3 is 0 Å². The molecule has 2 aromatic rings. The average molecular weight is 284 g/mol. The molecule has 0 fully saturated rings. The van der Waals surface area contributed by atoms with E-state index in [1.54, 1.807) is 10.8 Å². The third-order valence-corrected chi connectivity index (χ3v) is 3.42. The fourth-order valence-corrected chi connectivity index (χ4v) is 2.44. The number of hydrogen-bond donors (Lipinski definition) is 1. The van der Waals surface area contributed by atoms with Crippen LogP contribution in [0.15, 0.2) is 47.4 Å². The molecule has 1 aromatic heterocycles. The zero-order valence-electron chi connectivity index (χ0n) is 11.7. The number of benzene rings is 1. The van der Waals surface area contributed by atoms with E-state index in [1.165, 1.54) is 6.07 Å². The number of ether oxygens (including phenoxy) is 1. The van der Waals surface area contributed by atoms with E-state index in [0.717, 1.165) is 5.56 Å². The van der Waals surface area contributed by atoms with Gasteiger partial charge in [0.2, 0.25) is 5.43 Å². The van der Waals surface area contributed by atoms with Crippen molar-refractivity contribution in [3.05, 3.63) is 64.1 Å². The summed E-state index contributed by atoms with van der Waals surface area (Å²) >= 11 is 0. The minimum absolute atomic E-state index is 0.0366. The first-order chi connectivity index (χ1) is 10.1. The fraction of sp³-hybridized carbons (Fsp3) is 0.250. The molecule has 0 saturated carbocycles. The van der Waals surface area contributed by atoms with Gasteiger partial charge in [0.05, 0.1) is 0 Å². The maximum Gasteiger partial charge on any atom is 0.272 e. The van der Waals surface area contributed by atoms with Crippen LogP contribution in [0.1, 0.15) is 23.0 Å². The summed E-state index contributed by atoms with van der Waals surface area (Å²) in [5.41, 5.74) is 0.975. The Balaban J connectivity index is 1.93. The number of pyridine rings is 1. The SMILES string of the molecule is C[C@@H]1Cn2ccc(=O)c(OCc3ccccc3)c2C(=O)N1. The van der Waals surface area contributed by atoms with Gasteiger partial charge in [-0.05, 0) is 12.5 Å². The smallest absolute Gasteiger partial charge is 0.272 e. The summed E-state index contributed by atoms with van der Waals surface area (Å²) in [5, 5.41) is 2.82. The van der Waals surface area contributed by atoms with E-state index in [1.807, 2.05) is 37.3 Å². The van der Waals surface area contributed by atoms with Crippen molar-refractivity contribution in [2.75, 3.05) is 0 Å². The van der Waals surface area contributed by atoms with Gasteiger partial charge in [-0.3, -0.25) is 9.59 Å². The Labute approximate surface area is 122 Å². The zero-order valence-corrected chi connectivity index (χ0v) is 11.7. The Morgan fingerprint density at radius 3 is 2.76 bits per heavy atom. The molecule has 0 bridgehead atoms. The number of carbonyl (C=O) groups is 1. The van der Waals surface area contributed by atoms with Crippen molar-refractivity contribution in [3.8, 4) is 5.75 Å². The van der Waals surface area contributed by atoms with Gasteiger partial charge in [0.15, 0.2) is 11.4 Å². The number of rotatable bonds is 3. The van der Waals surface area contributed by atoms with Crippen LogP contribution >= 0.6 is 0 Å². The minimum atomic E-state index is -0.276. The standard InChI is InChI=1S/C16H16N2O3/c1-11-9-18-8-7-13(19)15(14(18)16(20)17-11)21-10-12-5-3-2-4-6-12/h2-8,11H,9-10H2,1H3,(H,17,20)/t11-/m1/s1. The van der Waals surface area contributed by atoms with Gasteiger partial charge in [0, 0.05) is 24.8 Å². The Bertz CT molecular complexity index is 722. The molecule has 5 heteroatoms. The predicted octanol–water partition coefficient (Wildman–Crippen LogP) is 1.56. The molecule has 3 rings (SSSR count). The van der Waals surface area contributed by atoms with Gasteiger partial charge in [0.1, 0.15) is 6.61 Å². The maximum atomic E-state index is 12.1. The number of aromatic nitrogens is 1. The summed E-state index contributed by atoms with van der Waals surface area (Å²) in [6, 6.07) is 11.0. The average Bonchev–Trinajstić information content (AvgIpc) is 2.47. The van der Waals surface area contributed by atoms with Crippen LogP contribution in [-0.4, -0.2) is 16.5 Å². The van der Waals surface area contributed by atoms with Crippen molar-refractivity contribution < 1.29 is 9.53 Å². The van der Waals surface area contributed by atoms with E-state index in [9.17, 15) is 9.59 Å². The zero-order chi connectivity index (χ0) is 14.8. The lowest BCUT2D eigenvalue weighted by atomic mass is 10.2. The van der Waals surface area contributed by atoms with Crippen LogP contribution in [0.2, 0.25) is 0 Å². The molecule has 1 aliphatic heterocycles. The Morgan fingerprint density at radius 2 is 2.00 bits per heavy atom. The number of nitrogens with one attached hydrogen (secondary N) is 1. The second kappa shape index (κ2) is 5.44. The molecule has 2 heterocycles. The van der Waals surface area contributed by atoms with Crippen molar-refractivity contribution in [1.29, 1.82) is 0 Å². The first-order valence-electron chi connectivity index (χ1n) is 6.86. The minimum Gasteiger partial charge on any atom is -0.483 e. The number of nitrogens with zero attached hydrogens (tertiary/aromatic N) is 1.